The fraction of sp³-hybridized carbons (Fsp3) is 0.455. The largest absolute Gasteiger partial charge is 0.461 e. The molecule has 0 saturated heterocycles. The molecule has 0 N–H and O–H groups in total. The Balaban J connectivity index is 2.37. The van der Waals surface area contributed by atoms with E-state index in [1.807, 2.05) is 0 Å². The zero-order valence-corrected chi connectivity index (χ0v) is 7.47. The molecule has 0 spiro atoms. The van der Waals surface area contributed by atoms with Crippen molar-refractivity contribution in [3.05, 3.63) is 29.2 Å². The first-order chi connectivity index (χ1) is 5.90. The average molecular weight is 162 g/mol. The molecule has 1 nitrogen and oxygen atoms in total. The van der Waals surface area contributed by atoms with Crippen molar-refractivity contribution >= 4 is 6.08 Å². The number of rotatable bonds is 1. The Hall–Kier alpha value is -0.980. The number of fused-ring (bicyclic) bond motifs is 1. The van der Waals surface area contributed by atoms with Crippen LogP contribution in [0.4, 0.5) is 0 Å². The van der Waals surface area contributed by atoms with Gasteiger partial charge in [-0.25, -0.2) is 0 Å². The van der Waals surface area contributed by atoms with Crippen LogP contribution in [0.15, 0.2) is 16.6 Å². The Morgan fingerprint density at radius 2 is 2.42 bits per heavy atom. The second-order valence-electron chi connectivity index (χ2n) is 3.25. The van der Waals surface area contributed by atoms with Gasteiger partial charge in [0.05, 0.1) is 0 Å². The Bertz CT molecular complexity index is 294. The van der Waals surface area contributed by atoms with Crippen molar-refractivity contribution in [1.29, 1.82) is 0 Å². The molecule has 0 unspecified atom stereocenters. The van der Waals surface area contributed by atoms with Crippen LogP contribution in [0.1, 0.15) is 36.8 Å². The molecule has 64 valence electrons. The Labute approximate surface area is 73.1 Å². The summed E-state index contributed by atoms with van der Waals surface area (Å²) in [7, 11) is 0. The van der Waals surface area contributed by atoms with Crippen molar-refractivity contribution in [3.8, 4) is 0 Å². The van der Waals surface area contributed by atoms with Gasteiger partial charge in [0.2, 0.25) is 0 Å². The fourth-order valence-electron chi connectivity index (χ4n) is 1.61. The van der Waals surface area contributed by atoms with Gasteiger partial charge in [-0.05, 0) is 37.0 Å². The monoisotopic (exact) mass is 162 g/mol. The van der Waals surface area contributed by atoms with Gasteiger partial charge in [-0.3, -0.25) is 0 Å². The highest BCUT2D eigenvalue weighted by molar-refractivity contribution is 5.49. The lowest BCUT2D eigenvalue weighted by molar-refractivity contribution is 0.505. The van der Waals surface area contributed by atoms with Gasteiger partial charge >= 0.3 is 0 Å². The molecule has 1 aliphatic rings. The Morgan fingerprint density at radius 3 is 3.25 bits per heavy atom. The van der Waals surface area contributed by atoms with Crippen molar-refractivity contribution in [3.63, 3.8) is 0 Å². The lowest BCUT2D eigenvalue weighted by Crippen LogP contribution is -1.80. The SMILES string of the molecule is CCc1cc2c(o1)C=CCCC2. The molecule has 0 bridgehead atoms. The van der Waals surface area contributed by atoms with E-state index in [0.717, 1.165) is 17.9 Å². The lowest BCUT2D eigenvalue weighted by Gasteiger charge is -1.90. The quantitative estimate of drug-likeness (QED) is 0.618. The summed E-state index contributed by atoms with van der Waals surface area (Å²) in [6, 6.07) is 2.20. The summed E-state index contributed by atoms with van der Waals surface area (Å²) in [6.45, 7) is 2.13. The zero-order valence-electron chi connectivity index (χ0n) is 7.47. The molecule has 1 heteroatoms. The van der Waals surface area contributed by atoms with Crippen LogP contribution >= 0.6 is 0 Å². The minimum absolute atomic E-state index is 1.00. The van der Waals surface area contributed by atoms with Crippen LogP contribution < -0.4 is 0 Å². The van der Waals surface area contributed by atoms with Crippen LogP contribution in [0.5, 0.6) is 0 Å². The molecule has 1 aliphatic carbocycles. The van der Waals surface area contributed by atoms with E-state index in [0.29, 0.717) is 0 Å². The van der Waals surface area contributed by atoms with E-state index in [1.54, 1.807) is 0 Å². The molecule has 1 aromatic heterocycles. The first-order valence-electron chi connectivity index (χ1n) is 4.68. The van der Waals surface area contributed by atoms with Crippen LogP contribution in [0, 0.1) is 0 Å². The van der Waals surface area contributed by atoms with Gasteiger partial charge in [-0.2, -0.15) is 0 Å². The number of aryl methyl sites for hydroxylation is 2. The summed E-state index contributed by atoms with van der Waals surface area (Å²) in [5.74, 6) is 2.20. The first kappa shape index (κ1) is 7.66. The summed E-state index contributed by atoms with van der Waals surface area (Å²) in [5, 5.41) is 0. The minimum Gasteiger partial charge on any atom is -0.461 e. The second-order valence-corrected chi connectivity index (χ2v) is 3.25. The van der Waals surface area contributed by atoms with Gasteiger partial charge in [-0.1, -0.05) is 13.0 Å². The molecule has 0 atom stereocenters. The van der Waals surface area contributed by atoms with Crippen LogP contribution in [0.25, 0.3) is 6.08 Å². The van der Waals surface area contributed by atoms with Gasteiger partial charge in [0.25, 0.3) is 0 Å². The van der Waals surface area contributed by atoms with E-state index in [4.69, 9.17) is 4.42 Å². The molecule has 2 rings (SSSR count). The third kappa shape index (κ3) is 1.31. The van der Waals surface area contributed by atoms with Crippen LogP contribution in [0.3, 0.4) is 0 Å². The Kier molecular flexibility index (Phi) is 2.03. The predicted molar refractivity (Wildman–Crippen MR) is 50.1 cm³/mol. The van der Waals surface area contributed by atoms with Crippen LogP contribution in [-0.2, 0) is 12.8 Å². The van der Waals surface area contributed by atoms with Crippen molar-refractivity contribution in [2.24, 2.45) is 0 Å². The summed E-state index contributed by atoms with van der Waals surface area (Å²) in [6.07, 6.45) is 8.93. The normalized spacial score (nSPS) is 15.8. The summed E-state index contributed by atoms with van der Waals surface area (Å²) >= 11 is 0. The minimum atomic E-state index is 1.00. The Morgan fingerprint density at radius 1 is 1.50 bits per heavy atom. The molecular weight excluding hydrogens is 148 g/mol. The maximum atomic E-state index is 5.65. The molecule has 0 fully saturated rings. The summed E-state index contributed by atoms with van der Waals surface area (Å²) in [5.41, 5.74) is 1.39. The fourth-order valence-corrected chi connectivity index (χ4v) is 1.61. The van der Waals surface area contributed by atoms with Crippen LogP contribution in [0.2, 0.25) is 0 Å². The molecule has 0 amide bonds. The third-order valence-corrected chi connectivity index (χ3v) is 2.33. The van der Waals surface area contributed by atoms with Gasteiger partial charge in [0.1, 0.15) is 11.5 Å². The maximum absolute atomic E-state index is 5.65. The maximum Gasteiger partial charge on any atom is 0.129 e. The molecule has 1 heterocycles. The number of allylic oxidation sites excluding steroid dienone is 1. The van der Waals surface area contributed by atoms with Gasteiger partial charge < -0.3 is 4.42 Å². The zero-order chi connectivity index (χ0) is 8.39. The van der Waals surface area contributed by atoms with Crippen molar-refractivity contribution in [2.45, 2.75) is 32.6 Å². The van der Waals surface area contributed by atoms with Crippen molar-refractivity contribution in [2.75, 3.05) is 0 Å². The topological polar surface area (TPSA) is 13.1 Å². The number of hydrogen-bond donors (Lipinski definition) is 0. The number of furan rings is 1. The summed E-state index contributed by atoms with van der Waals surface area (Å²) in [4.78, 5) is 0. The van der Waals surface area contributed by atoms with E-state index < -0.39 is 0 Å². The highest BCUT2D eigenvalue weighted by atomic mass is 16.3. The third-order valence-electron chi connectivity index (χ3n) is 2.33. The number of hydrogen-bond acceptors (Lipinski definition) is 1. The molecule has 0 aliphatic heterocycles. The van der Waals surface area contributed by atoms with Gasteiger partial charge in [-0.15, -0.1) is 0 Å². The van der Waals surface area contributed by atoms with E-state index in [1.165, 1.54) is 24.8 Å². The van der Waals surface area contributed by atoms with E-state index >= 15 is 0 Å². The van der Waals surface area contributed by atoms with Crippen molar-refractivity contribution in [1.82, 2.24) is 0 Å². The molecule has 0 aromatic carbocycles. The average Bonchev–Trinajstić information content (AvgIpc) is 2.37. The van der Waals surface area contributed by atoms with E-state index in [-0.39, 0.29) is 0 Å². The molecule has 0 saturated carbocycles. The molecular formula is C11H14O. The van der Waals surface area contributed by atoms with Crippen LogP contribution in [-0.4, -0.2) is 0 Å². The molecule has 0 radical (unpaired) electrons. The molecule has 12 heavy (non-hydrogen) atoms. The van der Waals surface area contributed by atoms with Gasteiger partial charge in [0, 0.05) is 6.42 Å². The van der Waals surface area contributed by atoms with Gasteiger partial charge in [0.15, 0.2) is 0 Å². The lowest BCUT2D eigenvalue weighted by atomic mass is 10.1. The highest BCUT2D eigenvalue weighted by Gasteiger charge is 2.08. The smallest absolute Gasteiger partial charge is 0.129 e. The predicted octanol–water partition coefficient (Wildman–Crippen LogP) is 3.19. The van der Waals surface area contributed by atoms with Crippen molar-refractivity contribution < 1.29 is 4.42 Å². The summed E-state index contributed by atoms with van der Waals surface area (Å²) < 4.78 is 5.65. The highest BCUT2D eigenvalue weighted by Crippen LogP contribution is 2.22. The molecule has 1 aromatic rings. The standard InChI is InChI=1S/C11H14O/c1-2-10-8-9-6-4-3-5-7-11(9)12-10/h5,7-8H,2-4,6H2,1H3. The van der Waals surface area contributed by atoms with E-state index in [2.05, 4.69) is 25.1 Å². The van der Waals surface area contributed by atoms with E-state index in [9.17, 15) is 0 Å². The first-order valence-corrected chi connectivity index (χ1v) is 4.68. The second kappa shape index (κ2) is 3.18.